The minimum atomic E-state index is -2.02. The first-order valence-electron chi connectivity index (χ1n) is 29.2. The molecule has 9 N–H and O–H groups in total. The van der Waals surface area contributed by atoms with Crippen LogP contribution in [0.1, 0.15) is 152 Å². The first-order chi connectivity index (χ1) is 38.0. The second-order valence-electron chi connectivity index (χ2n) is 22.9. The molecule has 25 nitrogen and oxygen atoms in total. The van der Waals surface area contributed by atoms with E-state index in [1.807, 2.05) is 0 Å². The number of hydrogen-bond donors (Lipinski definition) is 9. The Hall–Kier alpha value is -2.35. The number of fused-ring (bicyclic) bond motifs is 2. The standard InChI is InChI=1S/C55H94O25/c1-10-12-18-21-31-22-19-16-14-13-15-17-20-23-33(57)74-46-41(65)43(29(8)70-54(46)79-45-37(61)34(58)27(6)68-53(45)72-31)77-55-48(76-50(67)26(5)11-2)47(80-52-39(63)36(60)35(59)32(24-56)73-52)44(30(9)71-55)78-51-40(64)38(62)42(28(7)69-51)75-49(66)25(3)4/h25-32,34-48,51-56,58-65H,10-24H2,1-9H3/t26-,27+,28-,29-,30-,31-,32+,34-,35+,36-,37-,38-,39+,40+,41+,42-,43-,44-,45+,46+,47+,48+,51-,52-,53-,54-,55-/m0/s1. The second kappa shape index (κ2) is 31.2. The topological polar surface area (TPSA) is 353 Å². The summed E-state index contributed by atoms with van der Waals surface area (Å²) in [5.41, 5.74) is 0. The Morgan fingerprint density at radius 1 is 0.525 bits per heavy atom. The molecule has 0 saturated carbocycles. The number of aliphatic hydroxyl groups excluding tert-OH is 9. The molecule has 6 aliphatic rings. The van der Waals surface area contributed by atoms with Gasteiger partial charge < -0.3 is 108 Å². The third kappa shape index (κ3) is 16.7. The zero-order chi connectivity index (χ0) is 58.7. The van der Waals surface area contributed by atoms with E-state index in [9.17, 15) is 60.3 Å². The predicted octanol–water partition coefficient (Wildman–Crippen LogP) is 1.04. The monoisotopic (exact) mass is 1150 g/mol. The van der Waals surface area contributed by atoms with E-state index in [1.54, 1.807) is 34.6 Å². The average Bonchev–Trinajstić information content (AvgIpc) is 3.45. The number of ether oxygens (including phenoxy) is 13. The molecular weight excluding hydrogens is 1060 g/mol. The van der Waals surface area contributed by atoms with E-state index in [0.29, 0.717) is 19.3 Å². The van der Waals surface area contributed by atoms with Gasteiger partial charge in [-0.15, -0.1) is 0 Å². The van der Waals surface area contributed by atoms with Crippen LogP contribution in [0.5, 0.6) is 0 Å². The van der Waals surface area contributed by atoms with Crippen LogP contribution in [0.4, 0.5) is 0 Å². The molecule has 0 aromatic heterocycles. The molecule has 0 aromatic carbocycles. The summed E-state index contributed by atoms with van der Waals surface area (Å²) >= 11 is 0. The molecular formula is C55H94O25. The van der Waals surface area contributed by atoms with Crippen molar-refractivity contribution in [3.05, 3.63) is 0 Å². The van der Waals surface area contributed by atoms with Crippen LogP contribution in [0.25, 0.3) is 0 Å². The first-order valence-corrected chi connectivity index (χ1v) is 29.2. The van der Waals surface area contributed by atoms with Gasteiger partial charge in [-0.05, 0) is 53.4 Å². The van der Waals surface area contributed by atoms with Gasteiger partial charge in [0.2, 0.25) is 0 Å². The van der Waals surface area contributed by atoms with Gasteiger partial charge in [0.15, 0.2) is 49.8 Å². The van der Waals surface area contributed by atoms with Crippen molar-refractivity contribution in [1.82, 2.24) is 0 Å². The molecule has 0 aromatic rings. The third-order valence-electron chi connectivity index (χ3n) is 16.2. The quantitative estimate of drug-likeness (QED) is 0.0592. The van der Waals surface area contributed by atoms with Crippen molar-refractivity contribution in [2.45, 2.75) is 312 Å². The SMILES string of the molecule is CCCCC[C@H]1CCCCCCCCCC(=O)O[C@H]2[C@H](O[C@H]3[C@H](O1)O[C@H](C)[C@H](O)[C@@H]3O)O[C@@H](C)[C@H](O[C@@H]1O[C@@H](C)[C@H](O[C@@H]3O[C@@H](C)[C@H](OC(=O)C(C)C)[C@@H](O)[C@H]3O)[C@@H](O[C@@H]3O[C@H](CO)[C@@H](O)[C@H](O)[C@H]3O)[C@H]1OC(=O)[C@@H](C)CC)[C@H]2O. The fraction of sp³-hybridized carbons (Fsp3) is 0.945. The van der Waals surface area contributed by atoms with Gasteiger partial charge in [-0.25, -0.2) is 0 Å². The van der Waals surface area contributed by atoms with Crippen molar-refractivity contribution < 1.29 is 122 Å². The van der Waals surface area contributed by atoms with Crippen LogP contribution in [-0.4, -0.2) is 230 Å². The Bertz CT molecular complexity index is 1880. The van der Waals surface area contributed by atoms with E-state index >= 15 is 0 Å². The predicted molar refractivity (Wildman–Crippen MR) is 275 cm³/mol. The number of rotatable bonds is 16. The van der Waals surface area contributed by atoms with Gasteiger partial charge in [0, 0.05) is 6.42 Å². The van der Waals surface area contributed by atoms with Crippen molar-refractivity contribution in [3.63, 3.8) is 0 Å². The van der Waals surface area contributed by atoms with Gasteiger partial charge in [-0.1, -0.05) is 92.4 Å². The summed E-state index contributed by atoms with van der Waals surface area (Å²) in [6, 6.07) is 0. The van der Waals surface area contributed by atoms with Crippen LogP contribution in [-0.2, 0) is 76.0 Å². The van der Waals surface area contributed by atoms with Gasteiger partial charge >= 0.3 is 17.9 Å². The van der Waals surface area contributed by atoms with Crippen molar-refractivity contribution in [3.8, 4) is 0 Å². The Kier molecular flexibility index (Phi) is 26.0. The van der Waals surface area contributed by atoms with E-state index < -0.39 is 190 Å². The molecule has 0 amide bonds. The highest BCUT2D eigenvalue weighted by atomic mass is 16.8. The molecule has 0 aliphatic carbocycles. The molecule has 464 valence electrons. The molecule has 80 heavy (non-hydrogen) atoms. The minimum absolute atomic E-state index is 0.0399. The molecule has 6 heterocycles. The number of carbonyl (C=O) groups is 3. The highest BCUT2D eigenvalue weighted by Gasteiger charge is 2.59. The molecule has 0 unspecified atom stereocenters. The van der Waals surface area contributed by atoms with E-state index in [4.69, 9.17) is 61.6 Å². The van der Waals surface area contributed by atoms with E-state index in [-0.39, 0.29) is 18.9 Å². The summed E-state index contributed by atoms with van der Waals surface area (Å²) in [7, 11) is 0. The van der Waals surface area contributed by atoms with Gasteiger partial charge in [0.05, 0.1) is 49.0 Å². The van der Waals surface area contributed by atoms with E-state index in [0.717, 1.165) is 57.8 Å². The van der Waals surface area contributed by atoms with Crippen molar-refractivity contribution in [1.29, 1.82) is 0 Å². The molecule has 27 atom stereocenters. The number of aliphatic hydroxyl groups is 9. The van der Waals surface area contributed by atoms with Crippen LogP contribution in [0.3, 0.4) is 0 Å². The number of hydrogen-bond acceptors (Lipinski definition) is 25. The summed E-state index contributed by atoms with van der Waals surface area (Å²) in [6.45, 7) is 13.8. The van der Waals surface area contributed by atoms with Gasteiger partial charge in [0.25, 0.3) is 0 Å². The molecule has 0 spiro atoms. The molecule has 6 saturated heterocycles. The average molecular weight is 1160 g/mol. The fourth-order valence-electron chi connectivity index (χ4n) is 10.8. The molecule has 25 heteroatoms. The lowest BCUT2D eigenvalue weighted by molar-refractivity contribution is -0.400. The summed E-state index contributed by atoms with van der Waals surface area (Å²) < 4.78 is 81.1. The molecule has 6 fully saturated rings. The van der Waals surface area contributed by atoms with Crippen molar-refractivity contribution in [2.75, 3.05) is 6.61 Å². The fourth-order valence-corrected chi connectivity index (χ4v) is 10.8. The summed E-state index contributed by atoms with van der Waals surface area (Å²) in [5.74, 6) is -3.58. The number of esters is 3. The molecule has 0 radical (unpaired) electrons. The Balaban J connectivity index is 1.36. The summed E-state index contributed by atoms with van der Waals surface area (Å²) in [4.78, 5) is 40.4. The highest BCUT2D eigenvalue weighted by molar-refractivity contribution is 5.72. The lowest BCUT2D eigenvalue weighted by Crippen LogP contribution is -2.68. The maximum Gasteiger partial charge on any atom is 0.309 e. The lowest BCUT2D eigenvalue weighted by atomic mass is 9.95. The molecule has 6 rings (SSSR count). The van der Waals surface area contributed by atoms with E-state index in [1.165, 1.54) is 20.8 Å². The van der Waals surface area contributed by atoms with Crippen LogP contribution < -0.4 is 0 Å². The highest BCUT2D eigenvalue weighted by Crippen LogP contribution is 2.39. The van der Waals surface area contributed by atoms with Crippen LogP contribution in [0.2, 0.25) is 0 Å². The summed E-state index contributed by atoms with van der Waals surface area (Å²) in [5, 5.41) is 101. The van der Waals surface area contributed by atoms with Gasteiger partial charge in [-0.3, -0.25) is 14.4 Å². The second-order valence-corrected chi connectivity index (χ2v) is 22.9. The minimum Gasteiger partial charge on any atom is -0.457 e. The Morgan fingerprint density at radius 3 is 1.75 bits per heavy atom. The van der Waals surface area contributed by atoms with Crippen LogP contribution in [0, 0.1) is 11.8 Å². The van der Waals surface area contributed by atoms with Crippen LogP contribution >= 0.6 is 0 Å². The first kappa shape index (κ1) is 66.8. The maximum absolute atomic E-state index is 14.0. The Morgan fingerprint density at radius 2 is 1.09 bits per heavy atom. The maximum atomic E-state index is 14.0. The third-order valence-corrected chi connectivity index (χ3v) is 16.2. The summed E-state index contributed by atoms with van der Waals surface area (Å²) in [6.07, 6.45) is -29.6. The number of unbranched alkanes of at least 4 members (excludes halogenated alkanes) is 2. The number of carbonyl (C=O) groups excluding carboxylic acids is 3. The van der Waals surface area contributed by atoms with Gasteiger partial charge in [-0.2, -0.15) is 0 Å². The normalized spacial score (nSPS) is 44.3. The van der Waals surface area contributed by atoms with Crippen LogP contribution in [0.15, 0.2) is 0 Å². The molecule has 6 aliphatic heterocycles. The largest absolute Gasteiger partial charge is 0.457 e. The van der Waals surface area contributed by atoms with Crippen molar-refractivity contribution >= 4 is 17.9 Å². The zero-order valence-electron chi connectivity index (χ0n) is 47.8. The lowest BCUT2D eigenvalue weighted by Gasteiger charge is -2.51. The van der Waals surface area contributed by atoms with E-state index in [2.05, 4.69) is 6.92 Å². The molecule has 0 bridgehead atoms. The Labute approximate surface area is 469 Å². The van der Waals surface area contributed by atoms with Crippen molar-refractivity contribution in [2.24, 2.45) is 11.8 Å². The zero-order valence-corrected chi connectivity index (χ0v) is 47.8. The smallest absolute Gasteiger partial charge is 0.309 e. The van der Waals surface area contributed by atoms with Gasteiger partial charge in [0.1, 0.15) is 79.4 Å².